The van der Waals surface area contributed by atoms with E-state index in [9.17, 15) is 14.3 Å². The summed E-state index contributed by atoms with van der Waals surface area (Å²) >= 11 is 0. The molecule has 1 amide bonds. The second-order valence-electron chi connectivity index (χ2n) is 4.49. The molecule has 0 aliphatic carbocycles. The zero-order valence-electron chi connectivity index (χ0n) is 11.7. The lowest BCUT2D eigenvalue weighted by molar-refractivity contribution is -0.114. The molecule has 0 saturated carbocycles. The van der Waals surface area contributed by atoms with Crippen molar-refractivity contribution in [1.29, 1.82) is 0 Å². The SMILES string of the molecule is CCN(C(=O)/C=C/c1ccc(F)cc1)c1cccc(O)c1. The molecule has 0 fully saturated rings. The first-order chi connectivity index (χ1) is 10.1. The smallest absolute Gasteiger partial charge is 0.250 e. The van der Waals surface area contributed by atoms with Crippen LogP contribution in [0.1, 0.15) is 12.5 Å². The summed E-state index contributed by atoms with van der Waals surface area (Å²) in [4.78, 5) is 13.8. The second kappa shape index (κ2) is 6.70. The van der Waals surface area contributed by atoms with Crippen molar-refractivity contribution in [3.63, 3.8) is 0 Å². The van der Waals surface area contributed by atoms with Crippen molar-refractivity contribution < 1.29 is 14.3 Å². The largest absolute Gasteiger partial charge is 0.508 e. The Kier molecular flexibility index (Phi) is 4.72. The number of amides is 1. The van der Waals surface area contributed by atoms with Gasteiger partial charge in [-0.2, -0.15) is 0 Å². The minimum Gasteiger partial charge on any atom is -0.508 e. The summed E-state index contributed by atoms with van der Waals surface area (Å²) in [6.45, 7) is 2.34. The fraction of sp³-hybridized carbons (Fsp3) is 0.118. The summed E-state index contributed by atoms with van der Waals surface area (Å²) in [5.74, 6) is -0.401. The van der Waals surface area contributed by atoms with E-state index in [0.717, 1.165) is 5.56 Å². The Balaban J connectivity index is 2.15. The molecule has 0 aromatic heterocycles. The Labute approximate surface area is 123 Å². The molecule has 0 atom stereocenters. The minimum absolute atomic E-state index is 0.112. The number of anilines is 1. The molecule has 0 radical (unpaired) electrons. The number of carbonyl (C=O) groups is 1. The first-order valence-corrected chi connectivity index (χ1v) is 6.64. The molecule has 0 heterocycles. The molecule has 2 aromatic carbocycles. The highest BCUT2D eigenvalue weighted by Crippen LogP contribution is 2.20. The van der Waals surface area contributed by atoms with Gasteiger partial charge in [-0.15, -0.1) is 0 Å². The van der Waals surface area contributed by atoms with Gasteiger partial charge in [0.1, 0.15) is 11.6 Å². The number of halogens is 1. The van der Waals surface area contributed by atoms with E-state index < -0.39 is 0 Å². The maximum absolute atomic E-state index is 12.8. The Morgan fingerprint density at radius 1 is 1.24 bits per heavy atom. The molecule has 4 heteroatoms. The third-order valence-electron chi connectivity index (χ3n) is 3.01. The Morgan fingerprint density at radius 3 is 2.57 bits per heavy atom. The van der Waals surface area contributed by atoms with Gasteiger partial charge in [0.05, 0.1) is 0 Å². The van der Waals surface area contributed by atoms with Gasteiger partial charge in [0.25, 0.3) is 5.91 Å². The van der Waals surface area contributed by atoms with Crippen molar-refractivity contribution in [1.82, 2.24) is 0 Å². The maximum Gasteiger partial charge on any atom is 0.250 e. The average molecular weight is 285 g/mol. The lowest BCUT2D eigenvalue weighted by Crippen LogP contribution is -2.28. The number of likely N-dealkylation sites (N-methyl/N-ethyl adjacent to an activating group) is 1. The van der Waals surface area contributed by atoms with E-state index in [0.29, 0.717) is 12.2 Å². The number of hydrogen-bond acceptors (Lipinski definition) is 2. The Hall–Kier alpha value is -2.62. The van der Waals surface area contributed by atoms with Crippen LogP contribution in [-0.2, 0) is 4.79 Å². The van der Waals surface area contributed by atoms with E-state index in [1.807, 2.05) is 6.92 Å². The number of aromatic hydroxyl groups is 1. The highest BCUT2D eigenvalue weighted by molar-refractivity contribution is 6.03. The fourth-order valence-electron chi connectivity index (χ4n) is 1.96. The molecular formula is C17H16FNO2. The molecule has 1 N–H and O–H groups in total. The zero-order chi connectivity index (χ0) is 15.2. The number of phenols is 1. The zero-order valence-corrected chi connectivity index (χ0v) is 11.7. The molecule has 2 rings (SSSR count). The Morgan fingerprint density at radius 2 is 1.95 bits per heavy atom. The standard InChI is InChI=1S/C17H16FNO2/c1-2-19(15-4-3-5-16(20)12-15)17(21)11-8-13-6-9-14(18)10-7-13/h3-12,20H,2H2,1H3/b11-8+. The second-order valence-corrected chi connectivity index (χ2v) is 4.49. The number of rotatable bonds is 4. The number of carbonyl (C=O) groups excluding carboxylic acids is 1. The molecule has 0 aliphatic heterocycles. The molecular weight excluding hydrogens is 269 g/mol. The van der Waals surface area contributed by atoms with Crippen LogP contribution in [0.3, 0.4) is 0 Å². The van der Waals surface area contributed by atoms with Crippen molar-refractivity contribution >= 4 is 17.7 Å². The van der Waals surface area contributed by atoms with Crippen LogP contribution in [0.25, 0.3) is 6.08 Å². The highest BCUT2D eigenvalue weighted by atomic mass is 19.1. The van der Waals surface area contributed by atoms with Gasteiger partial charge < -0.3 is 10.0 Å². The first kappa shape index (κ1) is 14.8. The number of hydrogen-bond donors (Lipinski definition) is 1. The van der Waals surface area contributed by atoms with Gasteiger partial charge in [0.15, 0.2) is 0 Å². The van der Waals surface area contributed by atoms with Gasteiger partial charge in [-0.3, -0.25) is 4.79 Å². The molecule has 0 bridgehead atoms. The summed E-state index contributed by atoms with van der Waals surface area (Å²) in [5.41, 5.74) is 1.38. The van der Waals surface area contributed by atoms with Crippen LogP contribution in [0.15, 0.2) is 54.6 Å². The third kappa shape index (κ3) is 3.92. The van der Waals surface area contributed by atoms with Crippen LogP contribution in [0.5, 0.6) is 5.75 Å². The fourth-order valence-corrected chi connectivity index (χ4v) is 1.96. The molecule has 0 aliphatic rings. The van der Waals surface area contributed by atoms with Crippen LogP contribution in [0.2, 0.25) is 0 Å². The average Bonchev–Trinajstić information content (AvgIpc) is 2.47. The van der Waals surface area contributed by atoms with Crippen molar-refractivity contribution in [2.24, 2.45) is 0 Å². The van der Waals surface area contributed by atoms with Gasteiger partial charge in [-0.1, -0.05) is 18.2 Å². The molecule has 0 spiro atoms. The number of benzene rings is 2. The van der Waals surface area contributed by atoms with Gasteiger partial charge in [-0.25, -0.2) is 4.39 Å². The normalized spacial score (nSPS) is 10.8. The van der Waals surface area contributed by atoms with Crippen LogP contribution in [-0.4, -0.2) is 17.6 Å². The molecule has 0 saturated heterocycles. The van der Waals surface area contributed by atoms with Gasteiger partial charge in [0.2, 0.25) is 0 Å². The summed E-state index contributed by atoms with van der Waals surface area (Å²) in [7, 11) is 0. The first-order valence-electron chi connectivity index (χ1n) is 6.64. The van der Waals surface area contributed by atoms with Crippen molar-refractivity contribution in [2.75, 3.05) is 11.4 Å². The lowest BCUT2D eigenvalue weighted by atomic mass is 10.2. The molecule has 21 heavy (non-hydrogen) atoms. The number of nitrogens with zero attached hydrogens (tertiary/aromatic N) is 1. The maximum atomic E-state index is 12.8. The topological polar surface area (TPSA) is 40.5 Å². The molecule has 0 unspecified atom stereocenters. The summed E-state index contributed by atoms with van der Waals surface area (Å²) in [6, 6.07) is 12.4. The van der Waals surface area contributed by atoms with Gasteiger partial charge >= 0.3 is 0 Å². The van der Waals surface area contributed by atoms with Crippen LogP contribution in [0.4, 0.5) is 10.1 Å². The van der Waals surface area contributed by atoms with E-state index in [1.165, 1.54) is 24.3 Å². The van der Waals surface area contributed by atoms with E-state index in [1.54, 1.807) is 41.3 Å². The quantitative estimate of drug-likeness (QED) is 0.872. The van der Waals surface area contributed by atoms with Crippen molar-refractivity contribution in [3.05, 3.63) is 66.0 Å². The molecule has 3 nitrogen and oxygen atoms in total. The van der Waals surface area contributed by atoms with Crippen LogP contribution >= 0.6 is 0 Å². The Bertz CT molecular complexity index is 650. The van der Waals surface area contributed by atoms with Crippen molar-refractivity contribution in [3.8, 4) is 5.75 Å². The van der Waals surface area contributed by atoms with E-state index in [-0.39, 0.29) is 17.5 Å². The minimum atomic E-state index is -0.312. The summed E-state index contributed by atoms with van der Waals surface area (Å²) < 4.78 is 12.8. The predicted molar refractivity (Wildman–Crippen MR) is 81.6 cm³/mol. The third-order valence-corrected chi connectivity index (χ3v) is 3.01. The molecule has 108 valence electrons. The molecule has 2 aromatic rings. The van der Waals surface area contributed by atoms with Crippen molar-refractivity contribution in [2.45, 2.75) is 6.92 Å². The summed E-state index contributed by atoms with van der Waals surface area (Å²) in [6.07, 6.45) is 3.06. The van der Waals surface area contributed by atoms with E-state index >= 15 is 0 Å². The van der Waals surface area contributed by atoms with E-state index in [2.05, 4.69) is 0 Å². The van der Waals surface area contributed by atoms with Crippen LogP contribution in [0, 0.1) is 5.82 Å². The van der Waals surface area contributed by atoms with Gasteiger partial charge in [-0.05, 0) is 42.8 Å². The number of phenolic OH excluding ortho intramolecular Hbond substituents is 1. The van der Waals surface area contributed by atoms with Gasteiger partial charge in [0, 0.05) is 24.4 Å². The predicted octanol–water partition coefficient (Wildman–Crippen LogP) is 3.60. The highest BCUT2D eigenvalue weighted by Gasteiger charge is 2.11. The monoisotopic (exact) mass is 285 g/mol. The summed E-state index contributed by atoms with van der Waals surface area (Å²) in [5, 5.41) is 9.48. The van der Waals surface area contributed by atoms with Crippen LogP contribution < -0.4 is 4.90 Å². The lowest BCUT2D eigenvalue weighted by Gasteiger charge is -2.19. The van der Waals surface area contributed by atoms with E-state index in [4.69, 9.17) is 0 Å².